The van der Waals surface area contributed by atoms with Gasteiger partial charge < -0.3 is 14.6 Å². The van der Waals surface area contributed by atoms with Gasteiger partial charge in [0.05, 0.1) is 6.61 Å². The largest absolute Gasteiger partial charge is 0.462 e. The van der Waals surface area contributed by atoms with Crippen molar-refractivity contribution in [3.63, 3.8) is 0 Å². The minimum absolute atomic E-state index is 0.0576. The van der Waals surface area contributed by atoms with Crippen LogP contribution < -0.4 is 0 Å². The molecular weight excluding hydrogens is 572 g/mol. The average molecular weight is 653 g/mol. The van der Waals surface area contributed by atoms with Gasteiger partial charge in [0.2, 0.25) is 0 Å². The lowest BCUT2D eigenvalue weighted by Gasteiger charge is -2.15. The van der Waals surface area contributed by atoms with E-state index in [0.29, 0.717) is 12.8 Å². The standard InChI is InChI=1S/C41H80O5/c1-4-5-6-7-8-9-10-11-12-13-16-20-23-26-29-32-35-41(44)46-39(36-42)37-45-40(43)34-31-28-25-22-19-17-14-15-18-21-24-27-30-33-38(2)3/h38-39,42H,4-37H2,1-3H3/t39-/m0/s1. The minimum Gasteiger partial charge on any atom is -0.462 e. The molecule has 0 aliphatic heterocycles. The second kappa shape index (κ2) is 36.7. The molecule has 46 heavy (non-hydrogen) atoms. The van der Waals surface area contributed by atoms with Crippen LogP contribution in [0.3, 0.4) is 0 Å². The third-order valence-corrected chi connectivity index (χ3v) is 9.33. The van der Waals surface area contributed by atoms with Gasteiger partial charge in [-0.1, -0.05) is 201 Å². The van der Waals surface area contributed by atoms with Gasteiger partial charge in [0.25, 0.3) is 0 Å². The summed E-state index contributed by atoms with van der Waals surface area (Å²) in [6.45, 7) is 6.52. The first-order chi connectivity index (χ1) is 22.5. The van der Waals surface area contributed by atoms with E-state index in [9.17, 15) is 14.7 Å². The third kappa shape index (κ3) is 35.7. The second-order valence-corrected chi connectivity index (χ2v) is 14.6. The van der Waals surface area contributed by atoms with Crippen molar-refractivity contribution in [3.05, 3.63) is 0 Å². The van der Waals surface area contributed by atoms with Gasteiger partial charge in [-0.3, -0.25) is 9.59 Å². The van der Waals surface area contributed by atoms with Gasteiger partial charge in [0.15, 0.2) is 6.10 Å². The molecule has 0 aliphatic rings. The van der Waals surface area contributed by atoms with Crippen LogP contribution in [0.2, 0.25) is 0 Å². The number of aliphatic hydroxyl groups excluding tert-OH is 1. The summed E-state index contributed by atoms with van der Waals surface area (Å²) in [6.07, 6.45) is 38.8. The van der Waals surface area contributed by atoms with Crippen molar-refractivity contribution in [1.29, 1.82) is 0 Å². The van der Waals surface area contributed by atoms with Gasteiger partial charge in [-0.05, 0) is 18.8 Å². The fourth-order valence-electron chi connectivity index (χ4n) is 6.21. The van der Waals surface area contributed by atoms with Crippen molar-refractivity contribution in [2.75, 3.05) is 13.2 Å². The Bertz CT molecular complexity index is 634. The Labute approximate surface area is 287 Å². The summed E-state index contributed by atoms with van der Waals surface area (Å²) in [7, 11) is 0. The molecule has 0 rings (SSSR count). The molecular formula is C41H80O5. The summed E-state index contributed by atoms with van der Waals surface area (Å²) in [5.41, 5.74) is 0. The molecule has 0 fully saturated rings. The molecule has 1 N–H and O–H groups in total. The fraction of sp³-hybridized carbons (Fsp3) is 0.951. The predicted octanol–water partition coefficient (Wildman–Crippen LogP) is 12.6. The number of ether oxygens (including phenoxy) is 2. The maximum Gasteiger partial charge on any atom is 0.306 e. The van der Waals surface area contributed by atoms with Crippen molar-refractivity contribution >= 4 is 11.9 Å². The summed E-state index contributed by atoms with van der Waals surface area (Å²) in [5.74, 6) is 0.272. The number of carbonyl (C=O) groups excluding carboxylic acids is 2. The van der Waals surface area contributed by atoms with Crippen LogP contribution in [0.15, 0.2) is 0 Å². The molecule has 0 aromatic heterocycles. The van der Waals surface area contributed by atoms with Crippen LogP contribution in [0.1, 0.15) is 226 Å². The van der Waals surface area contributed by atoms with E-state index in [1.54, 1.807) is 0 Å². The molecule has 0 saturated heterocycles. The summed E-state index contributed by atoms with van der Waals surface area (Å²) in [5, 5.41) is 9.56. The Balaban J connectivity index is 3.49. The molecule has 5 nitrogen and oxygen atoms in total. The number of hydrogen-bond acceptors (Lipinski definition) is 5. The molecule has 0 spiro atoms. The highest BCUT2D eigenvalue weighted by atomic mass is 16.6. The van der Waals surface area contributed by atoms with Crippen molar-refractivity contribution in [2.45, 2.75) is 232 Å². The highest BCUT2D eigenvalue weighted by Gasteiger charge is 2.16. The van der Waals surface area contributed by atoms with Gasteiger partial charge in [-0.15, -0.1) is 0 Å². The molecule has 0 bridgehead atoms. The lowest BCUT2D eigenvalue weighted by atomic mass is 10.0. The molecule has 0 radical (unpaired) electrons. The molecule has 0 heterocycles. The normalized spacial score (nSPS) is 12.1. The van der Waals surface area contributed by atoms with Crippen LogP contribution in [-0.4, -0.2) is 36.4 Å². The lowest BCUT2D eigenvalue weighted by molar-refractivity contribution is -0.161. The lowest BCUT2D eigenvalue weighted by Crippen LogP contribution is -2.28. The number of carbonyl (C=O) groups is 2. The predicted molar refractivity (Wildman–Crippen MR) is 196 cm³/mol. The number of aliphatic hydroxyl groups is 1. The molecule has 0 unspecified atom stereocenters. The third-order valence-electron chi connectivity index (χ3n) is 9.33. The Kier molecular flexibility index (Phi) is 35.9. The molecule has 0 amide bonds. The summed E-state index contributed by atoms with van der Waals surface area (Å²) < 4.78 is 10.6. The minimum atomic E-state index is -0.762. The van der Waals surface area contributed by atoms with Crippen LogP contribution in [0, 0.1) is 5.92 Å². The first-order valence-corrected chi connectivity index (χ1v) is 20.5. The van der Waals surface area contributed by atoms with Gasteiger partial charge in [-0.2, -0.15) is 0 Å². The van der Waals surface area contributed by atoms with Gasteiger partial charge in [-0.25, -0.2) is 0 Å². The summed E-state index contributed by atoms with van der Waals surface area (Å²) in [4.78, 5) is 24.3. The van der Waals surface area contributed by atoms with Crippen molar-refractivity contribution < 1.29 is 24.2 Å². The Morgan fingerprint density at radius 2 is 0.804 bits per heavy atom. The molecule has 1 atom stereocenters. The van der Waals surface area contributed by atoms with E-state index in [2.05, 4.69) is 20.8 Å². The quantitative estimate of drug-likeness (QED) is 0.0534. The van der Waals surface area contributed by atoms with Gasteiger partial charge in [0.1, 0.15) is 6.61 Å². The second-order valence-electron chi connectivity index (χ2n) is 14.6. The van der Waals surface area contributed by atoms with Gasteiger partial charge in [0, 0.05) is 12.8 Å². The van der Waals surface area contributed by atoms with E-state index >= 15 is 0 Å². The van der Waals surface area contributed by atoms with Gasteiger partial charge >= 0.3 is 11.9 Å². The Hall–Kier alpha value is -1.10. The zero-order chi connectivity index (χ0) is 33.8. The molecule has 274 valence electrons. The fourth-order valence-corrected chi connectivity index (χ4v) is 6.21. The number of hydrogen-bond donors (Lipinski definition) is 1. The number of unbranched alkanes of at least 4 members (excludes halogenated alkanes) is 27. The number of rotatable bonds is 37. The topological polar surface area (TPSA) is 72.8 Å². The molecule has 0 aromatic rings. The smallest absolute Gasteiger partial charge is 0.306 e. The molecule has 5 heteroatoms. The monoisotopic (exact) mass is 653 g/mol. The van der Waals surface area contributed by atoms with Crippen LogP contribution in [0.4, 0.5) is 0 Å². The van der Waals surface area contributed by atoms with Crippen LogP contribution in [-0.2, 0) is 19.1 Å². The van der Waals surface area contributed by atoms with E-state index in [-0.39, 0.29) is 25.2 Å². The highest BCUT2D eigenvalue weighted by molar-refractivity contribution is 5.70. The highest BCUT2D eigenvalue weighted by Crippen LogP contribution is 2.16. The van der Waals surface area contributed by atoms with E-state index in [0.717, 1.165) is 38.0 Å². The molecule has 0 aromatic carbocycles. The Morgan fingerprint density at radius 1 is 0.478 bits per heavy atom. The maximum atomic E-state index is 12.2. The summed E-state index contributed by atoms with van der Waals surface area (Å²) >= 11 is 0. The SMILES string of the molecule is CCCCCCCCCCCCCCCCCCC(=O)O[C@@H](CO)COC(=O)CCCCCCCCCCCCCCCC(C)C. The van der Waals surface area contributed by atoms with Crippen molar-refractivity contribution in [2.24, 2.45) is 5.92 Å². The average Bonchev–Trinajstić information content (AvgIpc) is 3.04. The van der Waals surface area contributed by atoms with Crippen molar-refractivity contribution in [3.8, 4) is 0 Å². The van der Waals surface area contributed by atoms with E-state index in [1.165, 1.54) is 161 Å². The molecule has 0 saturated carbocycles. The Morgan fingerprint density at radius 3 is 1.15 bits per heavy atom. The number of esters is 2. The van der Waals surface area contributed by atoms with E-state index in [4.69, 9.17) is 9.47 Å². The van der Waals surface area contributed by atoms with Crippen LogP contribution in [0.5, 0.6) is 0 Å². The zero-order valence-electron chi connectivity index (χ0n) is 31.3. The van der Waals surface area contributed by atoms with Crippen LogP contribution >= 0.6 is 0 Å². The first kappa shape index (κ1) is 44.9. The van der Waals surface area contributed by atoms with E-state index in [1.807, 2.05) is 0 Å². The van der Waals surface area contributed by atoms with Crippen molar-refractivity contribution in [1.82, 2.24) is 0 Å². The maximum absolute atomic E-state index is 12.2. The summed E-state index contributed by atoms with van der Waals surface area (Å²) in [6, 6.07) is 0. The molecule has 0 aliphatic carbocycles. The van der Waals surface area contributed by atoms with Crippen LogP contribution in [0.25, 0.3) is 0 Å². The van der Waals surface area contributed by atoms with E-state index < -0.39 is 6.10 Å². The zero-order valence-corrected chi connectivity index (χ0v) is 31.3. The first-order valence-electron chi connectivity index (χ1n) is 20.5.